The van der Waals surface area contributed by atoms with E-state index in [0.717, 1.165) is 36.1 Å². The second-order valence-corrected chi connectivity index (χ2v) is 6.82. The fourth-order valence-corrected chi connectivity index (χ4v) is 4.04. The van der Waals surface area contributed by atoms with Crippen molar-refractivity contribution in [3.63, 3.8) is 0 Å². The Balaban J connectivity index is 1.99. The molecule has 1 atom stereocenters. The van der Waals surface area contributed by atoms with Gasteiger partial charge in [-0.3, -0.25) is 4.79 Å². The molecule has 1 unspecified atom stereocenters. The first-order valence-corrected chi connectivity index (χ1v) is 8.62. The highest BCUT2D eigenvalue weighted by Crippen LogP contribution is 2.24. The van der Waals surface area contributed by atoms with Crippen LogP contribution in [0.1, 0.15) is 40.7 Å². The van der Waals surface area contributed by atoms with E-state index in [9.17, 15) is 4.79 Å². The zero-order chi connectivity index (χ0) is 13.0. The third-order valence-corrected chi connectivity index (χ3v) is 5.22. The van der Waals surface area contributed by atoms with Crippen LogP contribution in [0.15, 0.2) is 12.1 Å². The lowest BCUT2D eigenvalue weighted by Gasteiger charge is -2.32. The number of rotatable bonds is 4. The van der Waals surface area contributed by atoms with Gasteiger partial charge in [0.15, 0.2) is 0 Å². The average molecular weight is 330 g/mol. The monoisotopic (exact) mass is 329 g/mol. The number of hydrogen-bond acceptors (Lipinski definition) is 2. The molecule has 1 aliphatic rings. The van der Waals surface area contributed by atoms with Crippen LogP contribution in [0.4, 0.5) is 0 Å². The van der Waals surface area contributed by atoms with Crippen LogP contribution in [0.3, 0.4) is 0 Å². The Bertz CT molecular complexity index is 402. The molecule has 2 rings (SSSR count). The van der Waals surface area contributed by atoms with E-state index in [4.69, 9.17) is 0 Å². The lowest BCUT2D eigenvalue weighted by atomic mass is 9.95. The first kappa shape index (κ1) is 14.1. The number of carbonyl (C=O) groups excluding carboxylic acids is 1. The van der Waals surface area contributed by atoms with E-state index < -0.39 is 0 Å². The van der Waals surface area contributed by atoms with E-state index in [1.54, 1.807) is 11.3 Å². The predicted octanol–water partition coefficient (Wildman–Crippen LogP) is 3.95. The van der Waals surface area contributed by atoms with E-state index in [1.807, 2.05) is 11.0 Å². The molecule has 1 amide bonds. The van der Waals surface area contributed by atoms with Gasteiger partial charge >= 0.3 is 0 Å². The van der Waals surface area contributed by atoms with Crippen molar-refractivity contribution >= 4 is 33.2 Å². The van der Waals surface area contributed by atoms with Crippen molar-refractivity contribution in [1.29, 1.82) is 0 Å². The van der Waals surface area contributed by atoms with Crippen LogP contribution < -0.4 is 0 Å². The Labute approximate surface area is 122 Å². The fraction of sp³-hybridized carbons (Fsp3) is 0.643. The fourth-order valence-electron chi connectivity index (χ4n) is 2.48. The number of halogens is 1. The first-order valence-electron chi connectivity index (χ1n) is 6.68. The summed E-state index contributed by atoms with van der Waals surface area (Å²) in [6, 6.07) is 4.07. The Morgan fingerprint density at radius 2 is 2.39 bits per heavy atom. The SMILES string of the molecule is CCc1ccc(C(=O)N2CCCC(CCBr)C2)s1. The van der Waals surface area contributed by atoms with Crippen molar-refractivity contribution in [2.24, 2.45) is 5.92 Å². The van der Waals surface area contributed by atoms with Crippen molar-refractivity contribution in [3.05, 3.63) is 21.9 Å². The molecule has 1 aromatic rings. The number of carbonyl (C=O) groups is 1. The van der Waals surface area contributed by atoms with E-state index in [2.05, 4.69) is 28.9 Å². The second kappa shape index (κ2) is 6.71. The van der Waals surface area contributed by atoms with Crippen LogP contribution in [0.2, 0.25) is 0 Å². The molecule has 0 saturated carbocycles. The highest BCUT2D eigenvalue weighted by Gasteiger charge is 2.24. The summed E-state index contributed by atoms with van der Waals surface area (Å²) < 4.78 is 0. The number of hydrogen-bond donors (Lipinski definition) is 0. The van der Waals surface area contributed by atoms with Crippen LogP contribution in [0, 0.1) is 5.92 Å². The number of piperidine rings is 1. The topological polar surface area (TPSA) is 20.3 Å². The first-order chi connectivity index (χ1) is 8.74. The predicted molar refractivity (Wildman–Crippen MR) is 80.7 cm³/mol. The molecule has 1 aromatic heterocycles. The van der Waals surface area contributed by atoms with E-state index in [1.165, 1.54) is 17.7 Å². The van der Waals surface area contributed by atoms with E-state index in [0.29, 0.717) is 5.92 Å². The maximum Gasteiger partial charge on any atom is 0.263 e. The van der Waals surface area contributed by atoms with Gasteiger partial charge in [0.2, 0.25) is 0 Å². The number of amides is 1. The highest BCUT2D eigenvalue weighted by atomic mass is 79.9. The molecule has 0 aliphatic carbocycles. The van der Waals surface area contributed by atoms with Crippen LogP contribution >= 0.6 is 27.3 Å². The smallest absolute Gasteiger partial charge is 0.263 e. The Morgan fingerprint density at radius 1 is 1.56 bits per heavy atom. The standard InChI is InChI=1S/C14H20BrNOS/c1-2-12-5-6-13(18-12)14(17)16-9-3-4-11(10-16)7-8-15/h5-6,11H,2-4,7-10H2,1H3. The summed E-state index contributed by atoms with van der Waals surface area (Å²) in [7, 11) is 0. The summed E-state index contributed by atoms with van der Waals surface area (Å²) in [5.74, 6) is 0.909. The summed E-state index contributed by atoms with van der Waals surface area (Å²) in [6.07, 6.45) is 4.61. The van der Waals surface area contributed by atoms with Crippen LogP contribution in [-0.4, -0.2) is 29.2 Å². The average Bonchev–Trinajstić information content (AvgIpc) is 2.87. The summed E-state index contributed by atoms with van der Waals surface area (Å²) >= 11 is 5.15. The van der Waals surface area contributed by atoms with Crippen molar-refractivity contribution in [2.45, 2.75) is 32.6 Å². The Kier molecular flexibility index (Phi) is 5.25. The largest absolute Gasteiger partial charge is 0.338 e. The molecule has 1 saturated heterocycles. The van der Waals surface area contributed by atoms with Gasteiger partial charge in [-0.15, -0.1) is 11.3 Å². The molecule has 18 heavy (non-hydrogen) atoms. The Hall–Kier alpha value is -0.350. The number of nitrogens with zero attached hydrogens (tertiary/aromatic N) is 1. The molecule has 0 aromatic carbocycles. The van der Waals surface area contributed by atoms with Crippen LogP contribution in [0.25, 0.3) is 0 Å². The molecule has 2 heterocycles. The molecule has 100 valence electrons. The zero-order valence-corrected chi connectivity index (χ0v) is 13.2. The molecule has 0 spiro atoms. The normalized spacial score (nSPS) is 20.1. The second-order valence-electron chi connectivity index (χ2n) is 4.86. The highest BCUT2D eigenvalue weighted by molar-refractivity contribution is 9.09. The maximum absolute atomic E-state index is 12.4. The number of likely N-dealkylation sites (tertiary alicyclic amines) is 1. The van der Waals surface area contributed by atoms with Gasteiger partial charge in [0.25, 0.3) is 5.91 Å². The van der Waals surface area contributed by atoms with Gasteiger partial charge in [-0.2, -0.15) is 0 Å². The molecule has 0 radical (unpaired) electrons. The quantitative estimate of drug-likeness (QED) is 0.766. The summed E-state index contributed by atoms with van der Waals surface area (Å²) in [4.78, 5) is 16.7. The third-order valence-electron chi connectivity index (χ3n) is 3.54. The van der Waals surface area contributed by atoms with Gasteiger partial charge in [0.05, 0.1) is 4.88 Å². The number of aryl methyl sites for hydroxylation is 1. The maximum atomic E-state index is 12.4. The van der Waals surface area contributed by atoms with Crippen LogP contribution in [0.5, 0.6) is 0 Å². The third kappa shape index (κ3) is 3.35. The van der Waals surface area contributed by atoms with E-state index >= 15 is 0 Å². The molecule has 1 aliphatic heterocycles. The lowest BCUT2D eigenvalue weighted by molar-refractivity contribution is 0.0677. The number of alkyl halides is 1. The summed E-state index contributed by atoms with van der Waals surface area (Å²) in [5, 5.41) is 1.04. The summed E-state index contributed by atoms with van der Waals surface area (Å²) in [6.45, 7) is 3.99. The molecule has 1 fully saturated rings. The molecular weight excluding hydrogens is 310 g/mol. The van der Waals surface area contributed by atoms with Gasteiger partial charge in [0, 0.05) is 23.3 Å². The molecule has 0 N–H and O–H groups in total. The molecular formula is C14H20BrNOS. The van der Waals surface area contributed by atoms with Crippen molar-refractivity contribution in [2.75, 3.05) is 18.4 Å². The molecule has 0 bridgehead atoms. The van der Waals surface area contributed by atoms with E-state index in [-0.39, 0.29) is 5.91 Å². The minimum Gasteiger partial charge on any atom is -0.338 e. The van der Waals surface area contributed by atoms with Gasteiger partial charge in [-0.25, -0.2) is 0 Å². The van der Waals surface area contributed by atoms with Crippen molar-refractivity contribution < 1.29 is 4.79 Å². The van der Waals surface area contributed by atoms with Gasteiger partial charge in [-0.05, 0) is 43.7 Å². The van der Waals surface area contributed by atoms with Gasteiger partial charge < -0.3 is 4.90 Å². The van der Waals surface area contributed by atoms with Crippen LogP contribution in [-0.2, 0) is 6.42 Å². The minimum atomic E-state index is 0.235. The van der Waals surface area contributed by atoms with Gasteiger partial charge in [0.1, 0.15) is 0 Å². The zero-order valence-electron chi connectivity index (χ0n) is 10.8. The van der Waals surface area contributed by atoms with Crippen molar-refractivity contribution in [3.8, 4) is 0 Å². The van der Waals surface area contributed by atoms with Crippen molar-refractivity contribution in [1.82, 2.24) is 4.90 Å². The molecule has 4 heteroatoms. The Morgan fingerprint density at radius 3 is 3.06 bits per heavy atom. The number of thiophene rings is 1. The lowest BCUT2D eigenvalue weighted by Crippen LogP contribution is -2.39. The summed E-state index contributed by atoms with van der Waals surface area (Å²) in [5.41, 5.74) is 0. The molecule has 2 nitrogen and oxygen atoms in total. The van der Waals surface area contributed by atoms with Gasteiger partial charge in [-0.1, -0.05) is 22.9 Å². The minimum absolute atomic E-state index is 0.235.